The van der Waals surface area contributed by atoms with E-state index in [1.54, 1.807) is 0 Å². The first-order valence-electron chi connectivity index (χ1n) is 19.9. The molecule has 5 nitrogen and oxygen atoms in total. The first-order chi connectivity index (χ1) is 29.7. The van der Waals surface area contributed by atoms with Crippen molar-refractivity contribution >= 4 is 10.9 Å². The zero-order valence-electron chi connectivity index (χ0n) is 32.4. The number of rotatable bonds is 8. The Balaban J connectivity index is 1.07. The van der Waals surface area contributed by atoms with Gasteiger partial charge in [-0.2, -0.15) is 5.26 Å². The predicted molar refractivity (Wildman–Crippen MR) is 243 cm³/mol. The van der Waals surface area contributed by atoms with Crippen molar-refractivity contribution < 1.29 is 0 Å². The Labute approximate surface area is 348 Å². The average Bonchev–Trinajstić information content (AvgIpc) is 3.34. The molecule has 0 saturated heterocycles. The summed E-state index contributed by atoms with van der Waals surface area (Å²) >= 11 is 0. The van der Waals surface area contributed by atoms with Gasteiger partial charge >= 0.3 is 0 Å². The minimum Gasteiger partial charge on any atom is -0.228 e. The molecule has 2 heterocycles. The molecule has 0 saturated carbocycles. The molecule has 8 aromatic carbocycles. The minimum absolute atomic E-state index is 0.630. The van der Waals surface area contributed by atoms with Gasteiger partial charge in [0.15, 0.2) is 11.6 Å². The summed E-state index contributed by atoms with van der Waals surface area (Å²) in [5.41, 5.74) is 15.1. The van der Waals surface area contributed by atoms with Crippen molar-refractivity contribution in [3.63, 3.8) is 0 Å². The van der Waals surface area contributed by atoms with E-state index < -0.39 is 0 Å². The van der Waals surface area contributed by atoms with Crippen LogP contribution >= 0.6 is 0 Å². The molecular weight excluding hydrogens is 731 g/mol. The van der Waals surface area contributed by atoms with Crippen LogP contribution in [-0.2, 0) is 0 Å². The lowest BCUT2D eigenvalue weighted by molar-refractivity contribution is 1.18. The summed E-state index contributed by atoms with van der Waals surface area (Å²) < 4.78 is 0. The summed E-state index contributed by atoms with van der Waals surface area (Å²) in [6, 6.07) is 74.5. The van der Waals surface area contributed by atoms with E-state index in [2.05, 4.69) is 103 Å². The highest BCUT2D eigenvalue weighted by molar-refractivity contribution is 5.95. The number of fused-ring (bicyclic) bond motifs is 1. The fourth-order valence-electron chi connectivity index (χ4n) is 7.86. The van der Waals surface area contributed by atoms with Crippen molar-refractivity contribution in [3.8, 4) is 96.0 Å². The monoisotopic (exact) mass is 765 g/mol. The topological polar surface area (TPSA) is 75.3 Å². The highest BCUT2D eigenvalue weighted by Crippen LogP contribution is 2.40. The normalized spacial score (nSPS) is 11.0. The largest absolute Gasteiger partial charge is 0.228 e. The van der Waals surface area contributed by atoms with E-state index >= 15 is 0 Å². The SMILES string of the molecule is N#Cc1ccccc1-c1cccc(-c2cc(-c3ccccc3-c3ccccc3-c3ccc(-c4nc(-c5ccccc5)nc5ccccc45)cc3)nc(-c3ccccc3)n2)c1. The number of hydrogen-bond donors (Lipinski definition) is 0. The standard InChI is InChI=1S/C55H35N5/c56-36-43-20-7-8-23-44(43)41-21-15-22-42(34-41)51-35-52(59-54(58-51)39-16-3-1-4-17-39)48-27-12-11-26-47(48)46-25-10-9-24-45(46)37-30-32-38(33-31-37)53-49-28-13-14-29-50(49)57-55(60-53)40-18-5-2-6-19-40/h1-35H. The van der Waals surface area contributed by atoms with E-state index in [1.807, 2.05) is 115 Å². The lowest BCUT2D eigenvalue weighted by atomic mass is 9.90. The Kier molecular flexibility index (Phi) is 9.55. The second-order valence-electron chi connectivity index (χ2n) is 14.5. The van der Waals surface area contributed by atoms with Gasteiger partial charge in [0.1, 0.15) is 0 Å². The van der Waals surface area contributed by atoms with Crippen LogP contribution in [0.3, 0.4) is 0 Å². The van der Waals surface area contributed by atoms with Crippen molar-refractivity contribution in [1.82, 2.24) is 19.9 Å². The summed E-state index contributed by atoms with van der Waals surface area (Å²) in [6.45, 7) is 0. The van der Waals surface area contributed by atoms with Crippen molar-refractivity contribution in [3.05, 3.63) is 218 Å². The van der Waals surface area contributed by atoms with Crippen LogP contribution in [0.2, 0.25) is 0 Å². The first-order valence-corrected chi connectivity index (χ1v) is 19.9. The molecule has 60 heavy (non-hydrogen) atoms. The van der Waals surface area contributed by atoms with Gasteiger partial charge in [0.25, 0.3) is 0 Å². The van der Waals surface area contributed by atoms with E-state index in [4.69, 9.17) is 19.9 Å². The van der Waals surface area contributed by atoms with Crippen molar-refractivity contribution in [2.45, 2.75) is 0 Å². The fraction of sp³-hybridized carbons (Fsp3) is 0. The van der Waals surface area contributed by atoms with Gasteiger partial charge in [0.05, 0.1) is 34.2 Å². The van der Waals surface area contributed by atoms with Crippen LogP contribution in [0.1, 0.15) is 5.56 Å². The highest BCUT2D eigenvalue weighted by Gasteiger charge is 2.18. The Morgan fingerprint density at radius 2 is 0.833 bits per heavy atom. The van der Waals surface area contributed by atoms with Crippen LogP contribution < -0.4 is 0 Å². The molecular formula is C55H35N5. The molecule has 0 aliphatic heterocycles. The van der Waals surface area contributed by atoms with E-state index in [0.29, 0.717) is 17.2 Å². The molecule has 0 aliphatic carbocycles. The molecule has 10 rings (SSSR count). The zero-order valence-corrected chi connectivity index (χ0v) is 32.4. The molecule has 0 atom stereocenters. The molecule has 0 radical (unpaired) electrons. The first kappa shape index (κ1) is 36.0. The van der Waals surface area contributed by atoms with Crippen molar-refractivity contribution in [2.75, 3.05) is 0 Å². The Morgan fingerprint density at radius 1 is 0.317 bits per heavy atom. The van der Waals surface area contributed by atoms with Crippen LogP contribution in [0.4, 0.5) is 0 Å². The molecule has 0 fully saturated rings. The lowest BCUT2D eigenvalue weighted by Crippen LogP contribution is -1.97. The molecule has 0 N–H and O–H groups in total. The second kappa shape index (κ2) is 15.9. The number of para-hydroxylation sites is 1. The smallest absolute Gasteiger partial charge is 0.160 e. The van der Waals surface area contributed by atoms with Crippen molar-refractivity contribution in [1.29, 1.82) is 5.26 Å². The van der Waals surface area contributed by atoms with Gasteiger partial charge in [0, 0.05) is 33.2 Å². The molecule has 5 heteroatoms. The minimum atomic E-state index is 0.630. The van der Waals surface area contributed by atoms with Gasteiger partial charge in [-0.1, -0.05) is 188 Å². The molecule has 10 aromatic rings. The zero-order chi connectivity index (χ0) is 40.3. The molecule has 0 aliphatic rings. The van der Waals surface area contributed by atoms with E-state index in [-0.39, 0.29) is 0 Å². The maximum Gasteiger partial charge on any atom is 0.160 e. The van der Waals surface area contributed by atoms with Gasteiger partial charge < -0.3 is 0 Å². The number of aromatic nitrogens is 4. The highest BCUT2D eigenvalue weighted by atomic mass is 14.9. The van der Waals surface area contributed by atoms with Crippen LogP contribution in [0.5, 0.6) is 0 Å². The quantitative estimate of drug-likeness (QED) is 0.154. The van der Waals surface area contributed by atoms with Crippen LogP contribution in [0, 0.1) is 11.3 Å². The summed E-state index contributed by atoms with van der Waals surface area (Å²) in [5.74, 6) is 1.34. The third kappa shape index (κ3) is 7.00. The molecule has 280 valence electrons. The maximum atomic E-state index is 9.87. The molecule has 0 bridgehead atoms. The maximum absolute atomic E-state index is 9.87. The summed E-state index contributed by atoms with van der Waals surface area (Å²) in [7, 11) is 0. The van der Waals surface area contributed by atoms with E-state index in [1.165, 1.54) is 0 Å². The molecule has 0 amide bonds. The molecule has 0 unspecified atom stereocenters. The average molecular weight is 766 g/mol. The fourth-order valence-corrected chi connectivity index (χ4v) is 7.86. The summed E-state index contributed by atoms with van der Waals surface area (Å²) in [5, 5.41) is 10.9. The second-order valence-corrected chi connectivity index (χ2v) is 14.5. The van der Waals surface area contributed by atoms with Gasteiger partial charge in [0.2, 0.25) is 0 Å². The summed E-state index contributed by atoms with van der Waals surface area (Å²) in [6.07, 6.45) is 0. The van der Waals surface area contributed by atoms with Gasteiger partial charge in [-0.25, -0.2) is 19.9 Å². The van der Waals surface area contributed by atoms with Crippen LogP contribution in [0.15, 0.2) is 212 Å². The lowest BCUT2D eigenvalue weighted by Gasteiger charge is -2.16. The van der Waals surface area contributed by atoms with E-state index in [0.717, 1.165) is 89.2 Å². The molecule has 0 spiro atoms. The van der Waals surface area contributed by atoms with Gasteiger partial charge in [-0.3, -0.25) is 0 Å². The van der Waals surface area contributed by atoms with Crippen molar-refractivity contribution in [2.24, 2.45) is 0 Å². The number of hydrogen-bond acceptors (Lipinski definition) is 5. The van der Waals surface area contributed by atoms with Crippen LogP contribution in [-0.4, -0.2) is 19.9 Å². The Morgan fingerprint density at radius 3 is 1.55 bits per heavy atom. The third-order valence-corrected chi connectivity index (χ3v) is 10.8. The van der Waals surface area contributed by atoms with Gasteiger partial charge in [-0.05, 0) is 57.6 Å². The van der Waals surface area contributed by atoms with Crippen LogP contribution in [0.25, 0.3) is 101 Å². The van der Waals surface area contributed by atoms with E-state index in [9.17, 15) is 5.26 Å². The number of nitriles is 1. The Hall–Kier alpha value is -8.33. The predicted octanol–water partition coefficient (Wildman–Crippen LogP) is 13.6. The Bertz CT molecular complexity index is 3210. The summed E-state index contributed by atoms with van der Waals surface area (Å²) in [4.78, 5) is 20.4. The molecule has 2 aromatic heterocycles. The third-order valence-electron chi connectivity index (χ3n) is 10.8. The van der Waals surface area contributed by atoms with Gasteiger partial charge in [-0.15, -0.1) is 0 Å². The number of benzene rings is 8. The number of nitrogens with zero attached hydrogens (tertiary/aromatic N) is 5.